The normalized spacial score (nSPS) is 23.2. The quantitative estimate of drug-likeness (QED) is 0.252. The summed E-state index contributed by atoms with van der Waals surface area (Å²) in [7, 11) is 0. The van der Waals surface area contributed by atoms with E-state index in [1.54, 1.807) is 0 Å². The van der Waals surface area contributed by atoms with Crippen LogP contribution in [0, 0.1) is 0 Å². The minimum atomic E-state index is 0. The van der Waals surface area contributed by atoms with Gasteiger partial charge in [0.25, 0.3) is 0 Å². The van der Waals surface area contributed by atoms with E-state index in [9.17, 15) is 0 Å². The molecule has 0 aromatic heterocycles. The molecule has 0 aliphatic carbocycles. The molecule has 2 atom stereocenters. The number of halogens is 2. The van der Waals surface area contributed by atoms with Gasteiger partial charge in [-0.2, -0.15) is 0 Å². The zero-order chi connectivity index (χ0) is 18.2. The summed E-state index contributed by atoms with van der Waals surface area (Å²) in [4.78, 5) is 7.19. The van der Waals surface area contributed by atoms with Crippen LogP contribution < -0.4 is 5.32 Å². The first kappa shape index (κ1) is 22.9. The Hall–Kier alpha value is -0.380. The van der Waals surface area contributed by atoms with Crippen molar-refractivity contribution in [2.45, 2.75) is 44.8 Å². The van der Waals surface area contributed by atoms with Crippen LogP contribution >= 0.6 is 39.9 Å². The van der Waals surface area contributed by atoms with E-state index < -0.39 is 0 Å². The summed E-state index contributed by atoms with van der Waals surface area (Å²) in [6.45, 7) is 7.20. The smallest absolute Gasteiger partial charge is 0.194 e. The molecule has 2 saturated heterocycles. The predicted molar refractivity (Wildman–Crippen MR) is 124 cm³/mol. The first-order valence-corrected chi connectivity index (χ1v) is 10.6. The summed E-state index contributed by atoms with van der Waals surface area (Å²) in [5.74, 6) is 1.01. The number of hydrogen-bond donors (Lipinski definition) is 1. The van der Waals surface area contributed by atoms with E-state index >= 15 is 0 Å². The molecule has 2 aliphatic heterocycles. The molecule has 2 aliphatic rings. The van der Waals surface area contributed by atoms with E-state index in [2.05, 4.69) is 57.3 Å². The highest BCUT2D eigenvalue weighted by Gasteiger charge is 2.32. The zero-order valence-corrected chi connectivity index (χ0v) is 19.9. The SMILES string of the molecule is CCNC(=NCCCc1cccc(Br)c1)N1CCOC(C2CCCO2)C1.I. The number of morpholine rings is 1. The standard InChI is InChI=1S/C20H30BrN3O2.HI/c1-2-22-20(23-10-4-7-16-6-3-8-17(21)14-16)24-11-13-26-19(15-24)18-9-5-12-25-18;/h3,6,8,14,18-19H,2,4-5,7,9-13,15H2,1H3,(H,22,23);1H. The Morgan fingerprint density at radius 1 is 1.30 bits per heavy atom. The highest BCUT2D eigenvalue weighted by atomic mass is 127. The van der Waals surface area contributed by atoms with Crippen molar-refractivity contribution in [3.8, 4) is 0 Å². The highest BCUT2D eigenvalue weighted by Crippen LogP contribution is 2.21. The fraction of sp³-hybridized carbons (Fsp3) is 0.650. The molecule has 2 fully saturated rings. The molecule has 1 N–H and O–H groups in total. The van der Waals surface area contributed by atoms with Gasteiger partial charge in [0.1, 0.15) is 6.10 Å². The Balaban J connectivity index is 0.00000261. The van der Waals surface area contributed by atoms with Gasteiger partial charge in [-0.15, -0.1) is 24.0 Å². The van der Waals surface area contributed by atoms with Gasteiger partial charge in [-0.1, -0.05) is 28.1 Å². The van der Waals surface area contributed by atoms with E-state index in [4.69, 9.17) is 14.5 Å². The van der Waals surface area contributed by atoms with Crippen LogP contribution in [0.15, 0.2) is 33.7 Å². The summed E-state index contributed by atoms with van der Waals surface area (Å²) in [5, 5.41) is 3.44. The second-order valence-electron chi connectivity index (χ2n) is 6.88. The number of hydrogen-bond acceptors (Lipinski definition) is 3. The van der Waals surface area contributed by atoms with Crippen molar-refractivity contribution in [1.82, 2.24) is 10.2 Å². The van der Waals surface area contributed by atoms with Crippen molar-refractivity contribution in [2.75, 3.05) is 39.4 Å². The Kier molecular flexibility index (Phi) is 10.4. The molecule has 0 amide bonds. The Bertz CT molecular complexity index is 596. The Labute approximate surface area is 188 Å². The fourth-order valence-electron chi connectivity index (χ4n) is 3.57. The van der Waals surface area contributed by atoms with E-state index in [-0.39, 0.29) is 36.2 Å². The Morgan fingerprint density at radius 2 is 2.15 bits per heavy atom. The molecular formula is C20H31BrIN3O2. The van der Waals surface area contributed by atoms with Crippen molar-refractivity contribution >= 4 is 45.9 Å². The molecule has 1 aromatic carbocycles. The maximum Gasteiger partial charge on any atom is 0.194 e. The average Bonchev–Trinajstić information content (AvgIpc) is 3.19. The van der Waals surface area contributed by atoms with E-state index in [0.29, 0.717) is 0 Å². The van der Waals surface area contributed by atoms with Gasteiger partial charge in [0.2, 0.25) is 0 Å². The number of aliphatic imine (C=N–C) groups is 1. The van der Waals surface area contributed by atoms with Crippen LogP contribution in [0.2, 0.25) is 0 Å². The van der Waals surface area contributed by atoms with Crippen molar-refractivity contribution in [3.05, 3.63) is 34.3 Å². The summed E-state index contributed by atoms with van der Waals surface area (Å²) >= 11 is 3.53. The second-order valence-corrected chi connectivity index (χ2v) is 7.79. The van der Waals surface area contributed by atoms with Crippen molar-refractivity contribution in [2.24, 2.45) is 4.99 Å². The van der Waals surface area contributed by atoms with Gasteiger partial charge in [-0.25, -0.2) is 0 Å². The van der Waals surface area contributed by atoms with Crippen LogP contribution in [-0.4, -0.2) is 62.5 Å². The van der Waals surface area contributed by atoms with E-state index in [1.807, 2.05) is 0 Å². The third-order valence-electron chi connectivity index (χ3n) is 4.88. The van der Waals surface area contributed by atoms with Crippen LogP contribution in [0.5, 0.6) is 0 Å². The summed E-state index contributed by atoms with van der Waals surface area (Å²) < 4.78 is 12.9. The maximum absolute atomic E-state index is 5.96. The minimum absolute atomic E-state index is 0. The molecule has 27 heavy (non-hydrogen) atoms. The molecule has 0 saturated carbocycles. The van der Waals surface area contributed by atoms with Gasteiger partial charge in [-0.05, 0) is 50.3 Å². The van der Waals surface area contributed by atoms with Crippen molar-refractivity contribution < 1.29 is 9.47 Å². The number of benzene rings is 1. The third kappa shape index (κ3) is 7.18. The number of nitrogens with one attached hydrogen (secondary N) is 1. The van der Waals surface area contributed by atoms with Gasteiger partial charge < -0.3 is 19.7 Å². The topological polar surface area (TPSA) is 46.1 Å². The summed E-state index contributed by atoms with van der Waals surface area (Å²) in [6.07, 6.45) is 4.76. The average molecular weight is 552 g/mol. The third-order valence-corrected chi connectivity index (χ3v) is 5.37. The maximum atomic E-state index is 5.96. The summed E-state index contributed by atoms with van der Waals surface area (Å²) in [5.41, 5.74) is 1.35. The number of nitrogens with zero attached hydrogens (tertiary/aromatic N) is 2. The largest absolute Gasteiger partial charge is 0.375 e. The van der Waals surface area contributed by atoms with Gasteiger partial charge >= 0.3 is 0 Å². The molecule has 7 heteroatoms. The fourth-order valence-corrected chi connectivity index (χ4v) is 4.02. The molecule has 5 nitrogen and oxygen atoms in total. The molecule has 2 unspecified atom stereocenters. The van der Waals surface area contributed by atoms with E-state index in [0.717, 1.165) is 75.5 Å². The zero-order valence-electron chi connectivity index (χ0n) is 16.0. The number of aryl methyl sites for hydroxylation is 1. The number of ether oxygens (including phenoxy) is 2. The molecule has 2 heterocycles. The molecule has 0 spiro atoms. The molecule has 0 radical (unpaired) electrons. The predicted octanol–water partition coefficient (Wildman–Crippen LogP) is 3.85. The highest BCUT2D eigenvalue weighted by molar-refractivity contribution is 14.0. The Morgan fingerprint density at radius 3 is 2.89 bits per heavy atom. The molecule has 3 rings (SSSR count). The first-order valence-electron chi connectivity index (χ1n) is 9.77. The molecular weight excluding hydrogens is 521 g/mol. The molecule has 0 bridgehead atoms. The first-order chi connectivity index (χ1) is 12.8. The van der Waals surface area contributed by atoms with Gasteiger partial charge in [0.15, 0.2) is 5.96 Å². The van der Waals surface area contributed by atoms with Crippen LogP contribution in [0.4, 0.5) is 0 Å². The lowest BCUT2D eigenvalue weighted by molar-refractivity contribution is -0.0817. The van der Waals surface area contributed by atoms with Gasteiger partial charge in [0.05, 0.1) is 12.7 Å². The van der Waals surface area contributed by atoms with Crippen molar-refractivity contribution in [1.29, 1.82) is 0 Å². The summed E-state index contributed by atoms with van der Waals surface area (Å²) in [6, 6.07) is 8.51. The van der Waals surface area contributed by atoms with E-state index in [1.165, 1.54) is 5.56 Å². The van der Waals surface area contributed by atoms with Crippen LogP contribution in [0.3, 0.4) is 0 Å². The van der Waals surface area contributed by atoms with Gasteiger partial charge in [-0.3, -0.25) is 4.99 Å². The lowest BCUT2D eigenvalue weighted by atomic mass is 10.1. The number of rotatable bonds is 6. The van der Waals surface area contributed by atoms with Crippen LogP contribution in [-0.2, 0) is 15.9 Å². The molecule has 1 aromatic rings. The molecule has 152 valence electrons. The lowest BCUT2D eigenvalue weighted by Gasteiger charge is -2.37. The van der Waals surface area contributed by atoms with Gasteiger partial charge in [0, 0.05) is 37.3 Å². The van der Waals surface area contributed by atoms with Crippen LogP contribution in [0.25, 0.3) is 0 Å². The van der Waals surface area contributed by atoms with Crippen LogP contribution in [0.1, 0.15) is 31.7 Å². The van der Waals surface area contributed by atoms with Crippen molar-refractivity contribution in [3.63, 3.8) is 0 Å². The lowest BCUT2D eigenvalue weighted by Crippen LogP contribution is -2.53. The monoisotopic (exact) mass is 551 g/mol. The minimum Gasteiger partial charge on any atom is -0.375 e. The number of guanidine groups is 1. The second kappa shape index (κ2) is 12.2.